The zero-order valence-corrected chi connectivity index (χ0v) is 14.1. The number of halogens is 1. The lowest BCUT2D eigenvalue weighted by molar-refractivity contribution is 0.304. The quantitative estimate of drug-likeness (QED) is 0.810. The maximum Gasteiger partial charge on any atom is 0.284 e. The summed E-state index contributed by atoms with van der Waals surface area (Å²) in [6.45, 7) is 9.84. The third kappa shape index (κ3) is 4.11. The molecule has 0 amide bonds. The summed E-state index contributed by atoms with van der Waals surface area (Å²) < 4.78 is 1.74. The topological polar surface area (TPSA) is 46.9 Å². The zero-order chi connectivity index (χ0) is 15.3. The Hall–Kier alpha value is -1.28. The molecule has 0 saturated heterocycles. The van der Waals surface area contributed by atoms with E-state index < -0.39 is 0 Å². The molecule has 20 heavy (non-hydrogen) atoms. The minimum Gasteiger partial charge on any atom is -0.382 e. The van der Waals surface area contributed by atoms with Crippen molar-refractivity contribution >= 4 is 21.6 Å². The van der Waals surface area contributed by atoms with Crippen LogP contribution in [0.1, 0.15) is 27.7 Å². The predicted octanol–water partition coefficient (Wildman–Crippen LogP) is 2.98. The van der Waals surface area contributed by atoms with Gasteiger partial charge in [-0.05, 0) is 33.7 Å². The van der Waals surface area contributed by atoms with Gasteiger partial charge in [-0.25, -0.2) is 4.68 Å². The van der Waals surface area contributed by atoms with E-state index in [1.165, 1.54) is 4.68 Å². The molecule has 0 atom stereocenters. The summed E-state index contributed by atoms with van der Waals surface area (Å²) in [6, 6.07) is 0. The lowest BCUT2D eigenvalue weighted by atomic mass is 9.85. The van der Waals surface area contributed by atoms with Crippen molar-refractivity contribution in [3.8, 4) is 12.3 Å². The van der Waals surface area contributed by atoms with Crippen molar-refractivity contribution in [3.63, 3.8) is 0 Å². The van der Waals surface area contributed by atoms with Gasteiger partial charge in [0.25, 0.3) is 5.56 Å². The Bertz CT molecular complexity index is 535. The Morgan fingerprint density at radius 2 is 2.00 bits per heavy atom. The molecule has 1 N–H and O–H groups in total. The summed E-state index contributed by atoms with van der Waals surface area (Å²) >= 11 is 3.32. The molecule has 1 rings (SSSR count). The highest BCUT2D eigenvalue weighted by Gasteiger charge is 2.18. The molecule has 4 nitrogen and oxygen atoms in total. The van der Waals surface area contributed by atoms with E-state index in [0.717, 1.165) is 12.2 Å². The highest BCUT2D eigenvalue weighted by Crippen LogP contribution is 2.23. The van der Waals surface area contributed by atoms with Gasteiger partial charge in [0.05, 0.1) is 11.9 Å². The molecule has 0 unspecified atom stereocenters. The third-order valence-electron chi connectivity index (χ3n) is 3.47. The molecule has 0 spiro atoms. The average molecular weight is 340 g/mol. The van der Waals surface area contributed by atoms with Crippen LogP contribution in [0.2, 0.25) is 0 Å². The van der Waals surface area contributed by atoms with Gasteiger partial charge in [-0.1, -0.05) is 33.6 Å². The Kier molecular flexibility index (Phi) is 6.28. The molecule has 0 fully saturated rings. The molecule has 1 heterocycles. The third-order valence-corrected chi connectivity index (χ3v) is 4.23. The first-order valence-electron chi connectivity index (χ1n) is 6.81. The van der Waals surface area contributed by atoms with Crippen LogP contribution in [0.25, 0.3) is 0 Å². The van der Waals surface area contributed by atoms with E-state index in [0.29, 0.717) is 22.2 Å². The maximum absolute atomic E-state index is 12.0. The molecular weight excluding hydrogens is 318 g/mol. The summed E-state index contributed by atoms with van der Waals surface area (Å²) in [4.78, 5) is 12.0. The first-order chi connectivity index (χ1) is 9.38. The van der Waals surface area contributed by atoms with E-state index in [1.807, 2.05) is 0 Å². The highest BCUT2D eigenvalue weighted by molar-refractivity contribution is 9.10. The summed E-state index contributed by atoms with van der Waals surface area (Å²) in [6.07, 6.45) is 6.84. The number of hydrogen-bond acceptors (Lipinski definition) is 3. The Morgan fingerprint density at radius 1 is 1.40 bits per heavy atom. The monoisotopic (exact) mass is 339 g/mol. The van der Waals surface area contributed by atoms with Crippen LogP contribution < -0.4 is 10.9 Å². The Balaban J connectivity index is 2.87. The summed E-state index contributed by atoms with van der Waals surface area (Å²) in [5.41, 5.74) is 0.508. The fraction of sp³-hybridized carbons (Fsp3) is 0.600. The van der Waals surface area contributed by atoms with Crippen LogP contribution in [0.4, 0.5) is 5.69 Å². The minimum absolute atomic E-state index is 0.179. The average Bonchev–Trinajstić information content (AvgIpc) is 2.37. The van der Waals surface area contributed by atoms with E-state index in [1.54, 1.807) is 6.20 Å². The Labute approximate surface area is 129 Å². The minimum atomic E-state index is -0.210. The highest BCUT2D eigenvalue weighted by atomic mass is 79.9. The number of nitrogens with zero attached hydrogens (tertiary/aromatic N) is 2. The van der Waals surface area contributed by atoms with E-state index in [-0.39, 0.29) is 12.1 Å². The van der Waals surface area contributed by atoms with Gasteiger partial charge >= 0.3 is 0 Å². The van der Waals surface area contributed by atoms with Crippen LogP contribution >= 0.6 is 15.9 Å². The number of anilines is 1. The van der Waals surface area contributed by atoms with Gasteiger partial charge in [-0.2, -0.15) is 5.10 Å². The van der Waals surface area contributed by atoms with Crippen molar-refractivity contribution in [2.24, 2.45) is 17.8 Å². The summed E-state index contributed by atoms with van der Waals surface area (Å²) in [7, 11) is 0. The number of rotatable bonds is 6. The normalized spacial score (nSPS) is 11.2. The SMILES string of the molecule is C#CCn1ncc(NCC(C(C)C)C(C)C)c(Br)c1=O. The molecule has 0 aliphatic carbocycles. The molecule has 5 heteroatoms. The molecule has 0 aromatic carbocycles. The lowest BCUT2D eigenvalue weighted by Crippen LogP contribution is -2.27. The van der Waals surface area contributed by atoms with Crippen molar-refractivity contribution < 1.29 is 0 Å². The van der Waals surface area contributed by atoms with E-state index >= 15 is 0 Å². The van der Waals surface area contributed by atoms with Crippen LogP contribution in [0.15, 0.2) is 15.5 Å². The largest absolute Gasteiger partial charge is 0.382 e. The molecule has 0 radical (unpaired) electrons. The molecule has 1 aromatic heterocycles. The standard InChI is InChI=1S/C15H22BrN3O/c1-6-7-19-15(20)14(16)13(9-18-19)17-8-12(10(2)3)11(4)5/h1,9-12,17H,7-8H2,2-5H3. The summed E-state index contributed by atoms with van der Waals surface area (Å²) in [5, 5.41) is 7.38. The molecule has 1 aromatic rings. The molecule has 0 aliphatic rings. The second kappa shape index (κ2) is 7.49. The van der Waals surface area contributed by atoms with Crippen LogP contribution in [0, 0.1) is 30.1 Å². The van der Waals surface area contributed by atoms with Crippen molar-refractivity contribution in [3.05, 3.63) is 21.0 Å². The van der Waals surface area contributed by atoms with Crippen molar-refractivity contribution in [2.75, 3.05) is 11.9 Å². The molecule has 0 bridgehead atoms. The maximum atomic E-state index is 12.0. The fourth-order valence-electron chi connectivity index (χ4n) is 2.26. The van der Waals surface area contributed by atoms with Gasteiger partial charge in [-0.15, -0.1) is 6.42 Å². The molecule has 0 saturated carbocycles. The Morgan fingerprint density at radius 3 is 2.50 bits per heavy atom. The van der Waals surface area contributed by atoms with Crippen LogP contribution in [0.5, 0.6) is 0 Å². The fourth-order valence-corrected chi connectivity index (χ4v) is 2.70. The first kappa shape index (κ1) is 16.8. The lowest BCUT2D eigenvalue weighted by Gasteiger charge is -2.25. The van der Waals surface area contributed by atoms with Gasteiger partial charge in [0.1, 0.15) is 11.0 Å². The number of nitrogens with one attached hydrogen (secondary N) is 1. The van der Waals surface area contributed by atoms with Gasteiger partial charge in [0, 0.05) is 6.54 Å². The number of hydrogen-bond donors (Lipinski definition) is 1. The molecular formula is C15H22BrN3O. The van der Waals surface area contributed by atoms with Gasteiger partial charge < -0.3 is 5.32 Å². The molecule has 110 valence electrons. The van der Waals surface area contributed by atoms with Gasteiger partial charge in [0.2, 0.25) is 0 Å². The van der Waals surface area contributed by atoms with Crippen LogP contribution in [-0.4, -0.2) is 16.3 Å². The van der Waals surface area contributed by atoms with Crippen molar-refractivity contribution in [1.82, 2.24) is 9.78 Å². The van der Waals surface area contributed by atoms with Gasteiger partial charge in [-0.3, -0.25) is 4.79 Å². The number of aromatic nitrogens is 2. The zero-order valence-electron chi connectivity index (χ0n) is 12.5. The smallest absolute Gasteiger partial charge is 0.284 e. The van der Waals surface area contributed by atoms with Crippen LogP contribution in [-0.2, 0) is 6.54 Å². The van der Waals surface area contributed by atoms with E-state index in [9.17, 15) is 4.79 Å². The summed E-state index contributed by atoms with van der Waals surface area (Å²) in [5.74, 6) is 4.11. The second-order valence-electron chi connectivity index (χ2n) is 5.57. The van der Waals surface area contributed by atoms with Crippen molar-refractivity contribution in [1.29, 1.82) is 0 Å². The van der Waals surface area contributed by atoms with Crippen LogP contribution in [0.3, 0.4) is 0 Å². The second-order valence-corrected chi connectivity index (χ2v) is 6.36. The first-order valence-corrected chi connectivity index (χ1v) is 7.60. The van der Waals surface area contributed by atoms with E-state index in [2.05, 4.69) is 60.0 Å². The molecule has 0 aliphatic heterocycles. The van der Waals surface area contributed by atoms with E-state index in [4.69, 9.17) is 6.42 Å². The number of terminal acetylenes is 1. The predicted molar refractivity (Wildman–Crippen MR) is 86.7 cm³/mol. The van der Waals surface area contributed by atoms with Gasteiger partial charge in [0.15, 0.2) is 0 Å². The van der Waals surface area contributed by atoms with Crippen molar-refractivity contribution in [2.45, 2.75) is 34.2 Å².